The van der Waals surface area contributed by atoms with E-state index in [0.717, 1.165) is 17.8 Å². The van der Waals surface area contributed by atoms with Gasteiger partial charge in [0.25, 0.3) is 5.91 Å². The van der Waals surface area contributed by atoms with Gasteiger partial charge in [0, 0.05) is 51.5 Å². The van der Waals surface area contributed by atoms with Gasteiger partial charge in [0.15, 0.2) is 0 Å². The van der Waals surface area contributed by atoms with Crippen molar-refractivity contribution < 1.29 is 17.6 Å². The highest BCUT2D eigenvalue weighted by atomic mass is 32.2. The number of hydrogen-bond acceptors (Lipinski definition) is 4. The van der Waals surface area contributed by atoms with Gasteiger partial charge in [-0.15, -0.1) is 0 Å². The molecule has 0 aromatic heterocycles. The van der Waals surface area contributed by atoms with E-state index in [4.69, 9.17) is 0 Å². The van der Waals surface area contributed by atoms with Crippen molar-refractivity contribution in [2.45, 2.75) is 4.90 Å². The summed E-state index contributed by atoms with van der Waals surface area (Å²) in [5.41, 5.74) is 1.58. The topological polar surface area (TPSA) is 60.9 Å². The molecule has 144 valence electrons. The van der Waals surface area contributed by atoms with Crippen LogP contribution in [-0.4, -0.2) is 63.8 Å². The van der Waals surface area contributed by atoms with Gasteiger partial charge in [-0.2, -0.15) is 4.31 Å². The summed E-state index contributed by atoms with van der Waals surface area (Å²) < 4.78 is 39.6. The summed E-state index contributed by atoms with van der Waals surface area (Å²) in [7, 11) is 0.172. The summed E-state index contributed by atoms with van der Waals surface area (Å²) in [6.07, 6.45) is 0. The molecular weight excluding hydrogens is 369 g/mol. The molecule has 1 saturated heterocycles. The van der Waals surface area contributed by atoms with Gasteiger partial charge >= 0.3 is 0 Å². The first kappa shape index (κ1) is 19.3. The van der Waals surface area contributed by atoms with Crippen LogP contribution in [0, 0.1) is 5.82 Å². The van der Waals surface area contributed by atoms with Crippen molar-refractivity contribution in [3.05, 3.63) is 59.9 Å². The molecule has 1 aliphatic rings. The number of rotatable bonds is 4. The van der Waals surface area contributed by atoms with Gasteiger partial charge in [0.2, 0.25) is 10.0 Å². The highest BCUT2D eigenvalue weighted by molar-refractivity contribution is 7.89. The zero-order valence-electron chi connectivity index (χ0n) is 15.3. The number of anilines is 1. The Morgan fingerprint density at radius 2 is 1.48 bits per heavy atom. The number of carbonyl (C=O) groups is 1. The normalized spacial score (nSPS) is 15.6. The number of piperazine rings is 1. The molecule has 1 amide bonds. The van der Waals surface area contributed by atoms with Crippen molar-refractivity contribution in [2.75, 3.05) is 45.2 Å². The lowest BCUT2D eigenvalue weighted by Crippen LogP contribution is -2.50. The van der Waals surface area contributed by atoms with Crippen LogP contribution in [0.4, 0.5) is 10.1 Å². The zero-order chi connectivity index (χ0) is 19.6. The second kappa shape index (κ2) is 7.66. The van der Waals surface area contributed by atoms with E-state index in [1.807, 2.05) is 31.1 Å². The predicted molar refractivity (Wildman–Crippen MR) is 102 cm³/mol. The summed E-state index contributed by atoms with van der Waals surface area (Å²) in [5, 5.41) is 0. The highest BCUT2D eigenvalue weighted by Crippen LogP contribution is 2.19. The lowest BCUT2D eigenvalue weighted by molar-refractivity contribution is 0.0698. The van der Waals surface area contributed by atoms with Gasteiger partial charge < -0.3 is 9.80 Å². The van der Waals surface area contributed by atoms with Crippen molar-refractivity contribution in [2.24, 2.45) is 0 Å². The largest absolute Gasteiger partial charge is 0.378 e. The van der Waals surface area contributed by atoms with Crippen LogP contribution in [-0.2, 0) is 10.0 Å². The molecule has 0 saturated carbocycles. The molecular formula is C19H22FN3O3S. The predicted octanol–water partition coefficient (Wildman–Crippen LogP) is 2.04. The number of hydrogen-bond donors (Lipinski definition) is 0. The molecule has 0 N–H and O–H groups in total. The van der Waals surface area contributed by atoms with Crippen LogP contribution in [0.2, 0.25) is 0 Å². The Hall–Kier alpha value is -2.45. The third-order valence-electron chi connectivity index (χ3n) is 4.61. The molecule has 0 spiro atoms. The van der Waals surface area contributed by atoms with Gasteiger partial charge in [0.05, 0.1) is 4.90 Å². The summed E-state index contributed by atoms with van der Waals surface area (Å²) in [6, 6.07) is 12.1. The average molecular weight is 391 g/mol. The zero-order valence-corrected chi connectivity index (χ0v) is 16.1. The summed E-state index contributed by atoms with van der Waals surface area (Å²) in [6.45, 7) is 1.05. The van der Waals surface area contributed by atoms with Crippen molar-refractivity contribution >= 4 is 21.6 Å². The molecule has 1 heterocycles. The van der Waals surface area contributed by atoms with Crippen LogP contribution < -0.4 is 4.90 Å². The molecule has 0 radical (unpaired) electrons. The van der Waals surface area contributed by atoms with Gasteiger partial charge in [0.1, 0.15) is 5.82 Å². The molecule has 0 unspecified atom stereocenters. The van der Waals surface area contributed by atoms with E-state index >= 15 is 0 Å². The molecule has 6 nitrogen and oxygen atoms in total. The summed E-state index contributed by atoms with van der Waals surface area (Å²) in [5.74, 6) is -0.594. The van der Waals surface area contributed by atoms with Crippen molar-refractivity contribution in [3.63, 3.8) is 0 Å². The SMILES string of the molecule is CN(C)c1ccc(C(=O)N2CCN(S(=O)(=O)c3ccc(F)cc3)CC2)cc1. The number of nitrogens with zero attached hydrogens (tertiary/aromatic N) is 3. The molecule has 2 aromatic rings. The Bertz CT molecular complexity index is 904. The number of sulfonamides is 1. The minimum atomic E-state index is -3.68. The number of benzene rings is 2. The standard InChI is InChI=1S/C19H22FN3O3S/c1-21(2)17-7-3-15(4-8-17)19(24)22-11-13-23(14-12-22)27(25,26)18-9-5-16(20)6-10-18/h3-10H,11-14H2,1-2H3. The second-order valence-electron chi connectivity index (χ2n) is 6.59. The van der Waals surface area contributed by atoms with Gasteiger partial charge in [-0.1, -0.05) is 0 Å². The molecule has 3 rings (SSSR count). The number of halogens is 1. The third kappa shape index (κ3) is 4.12. The van der Waals surface area contributed by atoms with Crippen LogP contribution in [0.3, 0.4) is 0 Å². The Labute approximate surface area is 158 Å². The fourth-order valence-electron chi connectivity index (χ4n) is 2.97. The van der Waals surface area contributed by atoms with Crippen molar-refractivity contribution in [1.82, 2.24) is 9.21 Å². The molecule has 0 bridgehead atoms. The van der Waals surface area contributed by atoms with Gasteiger partial charge in [-0.05, 0) is 48.5 Å². The smallest absolute Gasteiger partial charge is 0.253 e. The van der Waals surface area contributed by atoms with Crippen LogP contribution in [0.25, 0.3) is 0 Å². The van der Waals surface area contributed by atoms with Crippen molar-refractivity contribution in [3.8, 4) is 0 Å². The quantitative estimate of drug-likeness (QED) is 0.800. The maximum atomic E-state index is 13.0. The molecule has 0 aliphatic carbocycles. The minimum absolute atomic E-state index is 0.0583. The maximum Gasteiger partial charge on any atom is 0.253 e. The number of amides is 1. The maximum absolute atomic E-state index is 13.0. The average Bonchev–Trinajstić information content (AvgIpc) is 2.68. The van der Waals surface area contributed by atoms with E-state index in [1.165, 1.54) is 16.4 Å². The van der Waals surface area contributed by atoms with Crippen LogP contribution in [0.1, 0.15) is 10.4 Å². The lowest BCUT2D eigenvalue weighted by atomic mass is 10.1. The van der Waals surface area contributed by atoms with E-state index in [0.29, 0.717) is 18.7 Å². The fraction of sp³-hybridized carbons (Fsp3) is 0.316. The Balaban J connectivity index is 1.66. The Morgan fingerprint density at radius 3 is 2.00 bits per heavy atom. The van der Waals surface area contributed by atoms with E-state index in [1.54, 1.807) is 17.0 Å². The molecule has 8 heteroatoms. The van der Waals surface area contributed by atoms with Gasteiger partial charge in [-0.3, -0.25) is 4.79 Å². The van der Waals surface area contributed by atoms with E-state index < -0.39 is 15.8 Å². The highest BCUT2D eigenvalue weighted by Gasteiger charge is 2.30. The van der Waals surface area contributed by atoms with Gasteiger partial charge in [-0.25, -0.2) is 12.8 Å². The first-order valence-corrected chi connectivity index (χ1v) is 10.1. The fourth-order valence-corrected chi connectivity index (χ4v) is 4.39. The van der Waals surface area contributed by atoms with Crippen LogP contribution in [0.15, 0.2) is 53.4 Å². The minimum Gasteiger partial charge on any atom is -0.378 e. The number of carbonyl (C=O) groups excluding carboxylic acids is 1. The molecule has 1 fully saturated rings. The first-order chi connectivity index (χ1) is 12.8. The first-order valence-electron chi connectivity index (χ1n) is 8.61. The monoisotopic (exact) mass is 391 g/mol. The van der Waals surface area contributed by atoms with E-state index in [-0.39, 0.29) is 23.9 Å². The Morgan fingerprint density at radius 1 is 0.926 bits per heavy atom. The van der Waals surface area contributed by atoms with E-state index in [9.17, 15) is 17.6 Å². The Kier molecular flexibility index (Phi) is 5.48. The summed E-state index contributed by atoms with van der Waals surface area (Å²) >= 11 is 0. The molecule has 2 aromatic carbocycles. The molecule has 1 aliphatic heterocycles. The summed E-state index contributed by atoms with van der Waals surface area (Å²) in [4.78, 5) is 16.3. The lowest BCUT2D eigenvalue weighted by Gasteiger charge is -2.34. The van der Waals surface area contributed by atoms with Crippen LogP contribution in [0.5, 0.6) is 0 Å². The van der Waals surface area contributed by atoms with Crippen molar-refractivity contribution in [1.29, 1.82) is 0 Å². The van der Waals surface area contributed by atoms with Crippen LogP contribution >= 0.6 is 0 Å². The second-order valence-corrected chi connectivity index (χ2v) is 8.53. The third-order valence-corrected chi connectivity index (χ3v) is 6.52. The molecule has 27 heavy (non-hydrogen) atoms. The molecule has 0 atom stereocenters. The van der Waals surface area contributed by atoms with E-state index in [2.05, 4.69) is 0 Å².